The Hall–Kier alpha value is -3.08. The van der Waals surface area contributed by atoms with Crippen LogP contribution in [0.1, 0.15) is 80.0 Å². The molecule has 0 radical (unpaired) electrons. The van der Waals surface area contributed by atoms with Crippen molar-refractivity contribution in [2.24, 2.45) is 11.8 Å². The molecule has 2 amide bonds. The lowest BCUT2D eigenvalue weighted by atomic mass is 9.82. The Balaban J connectivity index is 0.000000983. The molecule has 0 spiro atoms. The van der Waals surface area contributed by atoms with Gasteiger partial charge in [-0.05, 0) is 75.6 Å². The minimum absolute atomic E-state index is 0.0128. The standard InChI is InChI=1S/C26H29N3O4S2.C3H8O/c1-15(2)29(25(31)18-6-4-16(3)5-7-18)21-12-22(35-23(21)26(32)33)17-8-10-19(11-9-17)28-24(30)20-13-34-14-27-20;1-2-3-4/h8-16,18H,4-7H2,1-3H3,(H,28,30)(H,32,33);4H,2-3H2,1H3. The lowest BCUT2D eigenvalue weighted by molar-refractivity contribution is -0.123. The number of hydrogen-bond acceptors (Lipinski definition) is 7. The molecule has 1 aliphatic carbocycles. The molecule has 0 unspecified atom stereocenters. The van der Waals surface area contributed by atoms with Gasteiger partial charge >= 0.3 is 5.97 Å². The average Bonchev–Trinajstić information content (AvgIpc) is 3.61. The fourth-order valence-corrected chi connectivity index (χ4v) is 5.97. The van der Waals surface area contributed by atoms with Crippen molar-refractivity contribution in [2.75, 3.05) is 16.8 Å². The number of anilines is 2. The average molecular weight is 572 g/mol. The molecule has 3 N–H and O–H groups in total. The van der Waals surface area contributed by atoms with E-state index in [2.05, 4.69) is 17.2 Å². The topological polar surface area (TPSA) is 120 Å². The summed E-state index contributed by atoms with van der Waals surface area (Å²) >= 11 is 2.51. The van der Waals surface area contributed by atoms with E-state index in [-0.39, 0.29) is 28.7 Å². The Bertz CT molecular complexity index is 1230. The summed E-state index contributed by atoms with van der Waals surface area (Å²) in [7, 11) is 0. The van der Waals surface area contributed by atoms with Crippen LogP contribution in [0.4, 0.5) is 11.4 Å². The van der Waals surface area contributed by atoms with E-state index in [1.165, 1.54) is 11.3 Å². The zero-order chi connectivity index (χ0) is 28.5. The van der Waals surface area contributed by atoms with Crippen molar-refractivity contribution in [3.63, 3.8) is 0 Å². The number of amides is 2. The number of thiophene rings is 1. The first-order valence-electron chi connectivity index (χ1n) is 13.3. The molecule has 2 heterocycles. The van der Waals surface area contributed by atoms with Crippen molar-refractivity contribution < 1.29 is 24.6 Å². The molecule has 2 aromatic heterocycles. The number of nitrogens with one attached hydrogen (secondary N) is 1. The van der Waals surface area contributed by atoms with Crippen LogP contribution in [0.2, 0.25) is 0 Å². The second-order valence-corrected chi connectivity index (χ2v) is 11.8. The number of carbonyl (C=O) groups excluding carboxylic acids is 2. The van der Waals surface area contributed by atoms with Crippen molar-refractivity contribution in [1.29, 1.82) is 0 Å². The van der Waals surface area contributed by atoms with Crippen molar-refractivity contribution >= 4 is 51.8 Å². The fourth-order valence-electron chi connectivity index (χ4n) is 4.45. The highest BCUT2D eigenvalue weighted by Gasteiger charge is 2.33. The number of benzene rings is 1. The van der Waals surface area contributed by atoms with Crippen LogP contribution >= 0.6 is 22.7 Å². The second-order valence-electron chi connectivity index (χ2n) is 10.0. The lowest BCUT2D eigenvalue weighted by Gasteiger charge is -2.33. The number of thiazole rings is 1. The van der Waals surface area contributed by atoms with Gasteiger partial charge in [-0.15, -0.1) is 22.7 Å². The third-order valence-corrected chi connectivity index (χ3v) is 8.35. The summed E-state index contributed by atoms with van der Waals surface area (Å²) in [5.74, 6) is -0.755. The first kappa shape index (κ1) is 30.5. The van der Waals surface area contributed by atoms with E-state index in [9.17, 15) is 19.5 Å². The maximum Gasteiger partial charge on any atom is 0.348 e. The van der Waals surface area contributed by atoms with Crippen LogP contribution in [-0.4, -0.2) is 45.6 Å². The van der Waals surface area contributed by atoms with Gasteiger partial charge in [-0.1, -0.05) is 26.0 Å². The van der Waals surface area contributed by atoms with E-state index in [4.69, 9.17) is 5.11 Å². The number of aromatic nitrogens is 1. The number of aliphatic hydroxyl groups is 1. The molecule has 0 bridgehead atoms. The van der Waals surface area contributed by atoms with Gasteiger partial charge < -0.3 is 20.4 Å². The summed E-state index contributed by atoms with van der Waals surface area (Å²) in [4.78, 5) is 44.5. The van der Waals surface area contributed by atoms with Crippen LogP contribution in [0.15, 0.2) is 41.2 Å². The largest absolute Gasteiger partial charge is 0.477 e. The van der Waals surface area contributed by atoms with Gasteiger partial charge in [-0.25, -0.2) is 9.78 Å². The normalized spacial score (nSPS) is 16.8. The molecular weight excluding hydrogens is 534 g/mol. The van der Waals surface area contributed by atoms with Crippen LogP contribution < -0.4 is 10.2 Å². The maximum absolute atomic E-state index is 13.5. The van der Waals surface area contributed by atoms with E-state index < -0.39 is 5.97 Å². The van der Waals surface area contributed by atoms with Crippen molar-refractivity contribution in [3.05, 3.63) is 51.8 Å². The highest BCUT2D eigenvalue weighted by atomic mass is 32.1. The Morgan fingerprint density at radius 3 is 2.28 bits per heavy atom. The molecule has 3 aromatic rings. The van der Waals surface area contributed by atoms with E-state index >= 15 is 0 Å². The van der Waals surface area contributed by atoms with E-state index in [1.54, 1.807) is 34.0 Å². The van der Waals surface area contributed by atoms with Gasteiger partial charge in [0.15, 0.2) is 0 Å². The summed E-state index contributed by atoms with van der Waals surface area (Å²) in [6.07, 6.45) is 4.61. The second kappa shape index (κ2) is 14.3. The highest BCUT2D eigenvalue weighted by molar-refractivity contribution is 7.18. The van der Waals surface area contributed by atoms with Gasteiger partial charge in [-0.2, -0.15) is 0 Å². The number of nitrogens with zero attached hydrogens (tertiary/aromatic N) is 2. The van der Waals surface area contributed by atoms with Crippen molar-refractivity contribution in [3.8, 4) is 10.4 Å². The maximum atomic E-state index is 13.5. The molecule has 1 saturated carbocycles. The minimum Gasteiger partial charge on any atom is -0.477 e. The number of carboxylic acids is 1. The van der Waals surface area contributed by atoms with Crippen LogP contribution in [0, 0.1) is 11.8 Å². The zero-order valence-electron chi connectivity index (χ0n) is 22.8. The van der Waals surface area contributed by atoms with E-state index in [0.29, 0.717) is 29.6 Å². The summed E-state index contributed by atoms with van der Waals surface area (Å²) in [5, 5.41) is 22.3. The summed E-state index contributed by atoms with van der Waals surface area (Å²) < 4.78 is 0. The summed E-state index contributed by atoms with van der Waals surface area (Å²) in [6, 6.07) is 8.86. The van der Waals surface area contributed by atoms with Gasteiger partial charge in [0.2, 0.25) is 5.91 Å². The van der Waals surface area contributed by atoms with Crippen LogP contribution in [0.5, 0.6) is 0 Å². The molecule has 10 heteroatoms. The molecular formula is C29H37N3O5S2. The van der Waals surface area contributed by atoms with Crippen LogP contribution in [0.3, 0.4) is 0 Å². The fraction of sp³-hybridized carbons (Fsp3) is 0.448. The summed E-state index contributed by atoms with van der Waals surface area (Å²) in [6.45, 7) is 8.31. The number of carboxylic acid groups (broad SMARTS) is 1. The molecule has 8 nitrogen and oxygen atoms in total. The molecule has 1 aliphatic rings. The van der Waals surface area contributed by atoms with Gasteiger partial charge in [-0.3, -0.25) is 9.59 Å². The quantitative estimate of drug-likeness (QED) is 0.274. The molecule has 39 heavy (non-hydrogen) atoms. The summed E-state index contributed by atoms with van der Waals surface area (Å²) in [5.41, 5.74) is 3.85. The van der Waals surface area contributed by atoms with E-state index in [0.717, 1.165) is 53.9 Å². The predicted molar refractivity (Wildman–Crippen MR) is 158 cm³/mol. The minimum atomic E-state index is -1.04. The van der Waals surface area contributed by atoms with Gasteiger partial charge in [0.05, 0.1) is 11.2 Å². The van der Waals surface area contributed by atoms with Gasteiger partial charge in [0.25, 0.3) is 5.91 Å². The van der Waals surface area contributed by atoms with E-state index in [1.807, 2.05) is 32.9 Å². The van der Waals surface area contributed by atoms with Crippen LogP contribution in [0.25, 0.3) is 10.4 Å². The highest BCUT2D eigenvalue weighted by Crippen LogP contribution is 2.40. The van der Waals surface area contributed by atoms with Gasteiger partial charge in [0.1, 0.15) is 10.6 Å². The zero-order valence-corrected chi connectivity index (χ0v) is 24.5. The lowest BCUT2D eigenvalue weighted by Crippen LogP contribution is -2.42. The smallest absolute Gasteiger partial charge is 0.348 e. The molecule has 4 rings (SSSR count). The number of aliphatic hydroxyl groups excluding tert-OH is 1. The SMILES string of the molecule is CC1CCC(C(=O)N(c2cc(-c3ccc(NC(=O)c4cscn4)cc3)sc2C(=O)O)C(C)C)CC1.CCCO. The Kier molecular flexibility index (Phi) is 11.2. The Morgan fingerprint density at radius 1 is 1.13 bits per heavy atom. The molecule has 0 atom stereocenters. The van der Waals surface area contributed by atoms with Gasteiger partial charge in [0, 0.05) is 34.5 Å². The molecule has 0 aliphatic heterocycles. The predicted octanol–water partition coefficient (Wildman–Crippen LogP) is 6.78. The first-order valence-corrected chi connectivity index (χ1v) is 15.0. The molecule has 1 fully saturated rings. The third kappa shape index (κ3) is 7.97. The number of aromatic carboxylic acids is 1. The monoisotopic (exact) mass is 571 g/mol. The molecule has 210 valence electrons. The number of carbonyl (C=O) groups is 3. The Morgan fingerprint density at radius 2 is 1.77 bits per heavy atom. The van der Waals surface area contributed by atoms with Crippen molar-refractivity contribution in [2.45, 2.75) is 65.8 Å². The Labute approximate surface area is 237 Å². The van der Waals surface area contributed by atoms with Crippen LogP contribution in [-0.2, 0) is 4.79 Å². The van der Waals surface area contributed by atoms with Crippen molar-refractivity contribution in [1.82, 2.24) is 4.98 Å². The third-order valence-electron chi connectivity index (χ3n) is 6.60. The first-order chi connectivity index (χ1) is 18.7. The molecule has 0 saturated heterocycles. The number of rotatable bonds is 8. The number of hydrogen-bond donors (Lipinski definition) is 3. The molecule has 1 aromatic carbocycles.